The monoisotopic (exact) mass is 426 g/mol. The Bertz CT molecular complexity index is 1110. The number of amides is 1. The minimum absolute atomic E-state index is 0.0997. The van der Waals surface area contributed by atoms with E-state index in [-0.39, 0.29) is 12.2 Å². The van der Waals surface area contributed by atoms with Crippen LogP contribution in [-0.2, 0) is 11.4 Å². The van der Waals surface area contributed by atoms with Crippen molar-refractivity contribution >= 4 is 40.9 Å². The Morgan fingerprint density at radius 3 is 2.76 bits per heavy atom. The van der Waals surface area contributed by atoms with E-state index in [0.29, 0.717) is 33.0 Å². The van der Waals surface area contributed by atoms with Crippen LogP contribution < -0.4 is 10.1 Å². The first-order chi connectivity index (χ1) is 14.0. The molecule has 0 aliphatic carbocycles. The standard InChI is InChI=1S/C22H16Cl2N2O3/c1-14-6-7-16(23)11-20(14)26-22(27)15(12-25)10-17-8-9-18(29-17)13-28-21-5-3-2-4-19(21)24/h2-11H,13H2,1H3,(H,26,27)/b15-10+. The number of hydrogen-bond acceptors (Lipinski definition) is 4. The number of hydrogen-bond donors (Lipinski definition) is 1. The topological polar surface area (TPSA) is 75.3 Å². The van der Waals surface area contributed by atoms with E-state index >= 15 is 0 Å². The van der Waals surface area contributed by atoms with Gasteiger partial charge in [-0.25, -0.2) is 0 Å². The van der Waals surface area contributed by atoms with Crippen LogP contribution in [0, 0.1) is 18.3 Å². The molecule has 29 heavy (non-hydrogen) atoms. The first-order valence-corrected chi connectivity index (χ1v) is 9.37. The van der Waals surface area contributed by atoms with E-state index < -0.39 is 5.91 Å². The van der Waals surface area contributed by atoms with Crippen LogP contribution in [0.5, 0.6) is 5.75 Å². The third kappa shape index (κ3) is 5.41. The molecule has 7 heteroatoms. The Hall–Kier alpha value is -3.20. The maximum absolute atomic E-state index is 12.4. The van der Waals surface area contributed by atoms with Gasteiger partial charge in [0, 0.05) is 16.8 Å². The lowest BCUT2D eigenvalue weighted by Gasteiger charge is -2.08. The molecule has 0 aliphatic rings. The van der Waals surface area contributed by atoms with Gasteiger partial charge in [0.15, 0.2) is 0 Å². The molecule has 2 aromatic carbocycles. The van der Waals surface area contributed by atoms with Gasteiger partial charge >= 0.3 is 0 Å². The molecule has 0 spiro atoms. The highest BCUT2D eigenvalue weighted by molar-refractivity contribution is 6.32. The molecule has 0 bridgehead atoms. The van der Waals surface area contributed by atoms with Crippen LogP contribution in [-0.4, -0.2) is 5.91 Å². The summed E-state index contributed by atoms with van der Waals surface area (Å²) in [5, 5.41) is 13.0. The Balaban J connectivity index is 1.69. The average molecular weight is 427 g/mol. The van der Waals surface area contributed by atoms with Crippen LogP contribution in [0.15, 0.2) is 64.6 Å². The molecule has 1 N–H and O–H groups in total. The molecule has 0 unspecified atom stereocenters. The molecule has 0 radical (unpaired) electrons. The summed E-state index contributed by atoms with van der Waals surface area (Å²) in [6.45, 7) is 1.99. The fourth-order valence-corrected chi connectivity index (χ4v) is 2.83. The predicted octanol–water partition coefficient (Wildman–Crippen LogP) is 6.02. The largest absolute Gasteiger partial charge is 0.484 e. The zero-order valence-electron chi connectivity index (χ0n) is 15.4. The van der Waals surface area contributed by atoms with Gasteiger partial charge in [-0.05, 0) is 48.9 Å². The molecule has 146 valence electrons. The van der Waals surface area contributed by atoms with E-state index in [1.807, 2.05) is 25.1 Å². The molecule has 1 aromatic heterocycles. The van der Waals surface area contributed by atoms with Gasteiger partial charge in [0.05, 0.1) is 5.02 Å². The molecule has 5 nitrogen and oxygen atoms in total. The second-order valence-corrected chi connectivity index (χ2v) is 6.95. The van der Waals surface area contributed by atoms with Gasteiger partial charge in [0.25, 0.3) is 5.91 Å². The van der Waals surface area contributed by atoms with Crippen molar-refractivity contribution in [3.8, 4) is 11.8 Å². The highest BCUT2D eigenvalue weighted by atomic mass is 35.5. The number of nitrogens with zero attached hydrogens (tertiary/aromatic N) is 1. The zero-order valence-corrected chi connectivity index (χ0v) is 16.9. The number of benzene rings is 2. The third-order valence-corrected chi connectivity index (χ3v) is 4.54. The maximum atomic E-state index is 12.4. The van der Waals surface area contributed by atoms with Crippen LogP contribution >= 0.6 is 23.2 Å². The van der Waals surface area contributed by atoms with E-state index in [0.717, 1.165) is 5.56 Å². The number of carbonyl (C=O) groups excluding carboxylic acids is 1. The van der Waals surface area contributed by atoms with Gasteiger partial charge in [0.2, 0.25) is 0 Å². The first kappa shape index (κ1) is 20.5. The van der Waals surface area contributed by atoms with E-state index in [4.69, 9.17) is 32.4 Å². The lowest BCUT2D eigenvalue weighted by molar-refractivity contribution is -0.112. The second-order valence-electron chi connectivity index (χ2n) is 6.11. The summed E-state index contributed by atoms with van der Waals surface area (Å²) in [7, 11) is 0. The van der Waals surface area contributed by atoms with Gasteiger partial charge in [-0.15, -0.1) is 0 Å². The summed E-state index contributed by atoms with van der Waals surface area (Å²) in [5.74, 6) is 0.872. The molecule has 3 rings (SSSR count). The van der Waals surface area contributed by atoms with Crippen molar-refractivity contribution in [3.05, 3.63) is 87.3 Å². The molecular weight excluding hydrogens is 411 g/mol. The number of halogens is 2. The summed E-state index contributed by atoms with van der Waals surface area (Å²) in [6, 6.07) is 17.5. The number of furan rings is 1. The van der Waals surface area contributed by atoms with E-state index in [2.05, 4.69) is 5.32 Å². The van der Waals surface area contributed by atoms with E-state index in [1.165, 1.54) is 6.08 Å². The average Bonchev–Trinajstić information content (AvgIpc) is 3.15. The molecular formula is C22H16Cl2N2O3. The lowest BCUT2D eigenvalue weighted by Crippen LogP contribution is -2.14. The normalized spacial score (nSPS) is 11.0. The molecule has 3 aromatic rings. The number of anilines is 1. The van der Waals surface area contributed by atoms with Crippen molar-refractivity contribution in [1.29, 1.82) is 5.26 Å². The molecule has 0 atom stereocenters. The van der Waals surface area contributed by atoms with Crippen molar-refractivity contribution in [2.75, 3.05) is 5.32 Å². The van der Waals surface area contributed by atoms with Crippen molar-refractivity contribution in [2.24, 2.45) is 0 Å². The third-order valence-electron chi connectivity index (χ3n) is 3.99. The fourth-order valence-electron chi connectivity index (χ4n) is 2.47. The Kier molecular flexibility index (Phi) is 6.61. The maximum Gasteiger partial charge on any atom is 0.266 e. The van der Waals surface area contributed by atoms with Gasteiger partial charge in [-0.3, -0.25) is 4.79 Å². The van der Waals surface area contributed by atoms with Gasteiger partial charge < -0.3 is 14.5 Å². The van der Waals surface area contributed by atoms with Crippen molar-refractivity contribution in [3.63, 3.8) is 0 Å². The number of aryl methyl sites for hydroxylation is 1. The number of ether oxygens (including phenoxy) is 1. The molecule has 0 saturated heterocycles. The van der Waals surface area contributed by atoms with Crippen LogP contribution in [0.3, 0.4) is 0 Å². The molecule has 0 fully saturated rings. The minimum Gasteiger partial charge on any atom is -0.484 e. The highest BCUT2D eigenvalue weighted by Gasteiger charge is 2.13. The van der Waals surface area contributed by atoms with E-state index in [9.17, 15) is 10.1 Å². The van der Waals surface area contributed by atoms with Crippen LogP contribution in [0.4, 0.5) is 5.69 Å². The van der Waals surface area contributed by atoms with Crippen LogP contribution in [0.2, 0.25) is 10.0 Å². The molecule has 0 saturated carbocycles. The van der Waals surface area contributed by atoms with Gasteiger partial charge in [-0.1, -0.05) is 41.4 Å². The Morgan fingerprint density at radius 1 is 1.21 bits per heavy atom. The summed E-state index contributed by atoms with van der Waals surface area (Å²) in [4.78, 5) is 12.4. The quantitative estimate of drug-likeness (QED) is 0.386. The first-order valence-electron chi connectivity index (χ1n) is 8.61. The Labute approximate surface area is 178 Å². The van der Waals surface area contributed by atoms with Crippen LogP contribution in [0.1, 0.15) is 17.1 Å². The van der Waals surface area contributed by atoms with Crippen molar-refractivity contribution < 1.29 is 13.9 Å². The number of carbonyl (C=O) groups is 1. The van der Waals surface area contributed by atoms with Gasteiger partial charge in [0.1, 0.15) is 35.5 Å². The highest BCUT2D eigenvalue weighted by Crippen LogP contribution is 2.25. The number of nitriles is 1. The number of para-hydroxylation sites is 1. The fraction of sp³-hybridized carbons (Fsp3) is 0.0909. The molecule has 1 amide bonds. The minimum atomic E-state index is -0.553. The summed E-state index contributed by atoms with van der Waals surface area (Å²) >= 11 is 12.0. The van der Waals surface area contributed by atoms with Crippen molar-refractivity contribution in [2.45, 2.75) is 13.5 Å². The van der Waals surface area contributed by atoms with Crippen molar-refractivity contribution in [1.82, 2.24) is 0 Å². The predicted molar refractivity (Wildman–Crippen MR) is 113 cm³/mol. The van der Waals surface area contributed by atoms with E-state index in [1.54, 1.807) is 42.5 Å². The van der Waals surface area contributed by atoms with Gasteiger partial charge in [-0.2, -0.15) is 5.26 Å². The SMILES string of the molecule is Cc1ccc(Cl)cc1NC(=O)/C(C#N)=C/c1ccc(COc2ccccc2Cl)o1. The summed E-state index contributed by atoms with van der Waals surface area (Å²) < 4.78 is 11.2. The lowest BCUT2D eigenvalue weighted by atomic mass is 10.1. The smallest absolute Gasteiger partial charge is 0.266 e. The summed E-state index contributed by atoms with van der Waals surface area (Å²) in [5.41, 5.74) is 1.27. The molecule has 1 heterocycles. The Morgan fingerprint density at radius 2 is 2.00 bits per heavy atom. The number of rotatable bonds is 6. The van der Waals surface area contributed by atoms with Crippen LogP contribution in [0.25, 0.3) is 6.08 Å². The summed E-state index contributed by atoms with van der Waals surface area (Å²) in [6.07, 6.45) is 1.37. The second kappa shape index (κ2) is 9.33. The molecule has 0 aliphatic heterocycles. The number of nitrogens with one attached hydrogen (secondary N) is 1. The zero-order chi connectivity index (χ0) is 20.8.